The van der Waals surface area contributed by atoms with Gasteiger partial charge in [-0.25, -0.2) is 4.79 Å². The number of anilines is 1. The highest BCUT2D eigenvalue weighted by molar-refractivity contribution is 5.88. The van der Waals surface area contributed by atoms with E-state index in [1.54, 1.807) is 12.1 Å². The van der Waals surface area contributed by atoms with Crippen LogP contribution in [-0.4, -0.2) is 59.4 Å². The van der Waals surface area contributed by atoms with Crippen LogP contribution < -0.4 is 4.90 Å². The van der Waals surface area contributed by atoms with E-state index in [2.05, 4.69) is 9.80 Å². The van der Waals surface area contributed by atoms with Crippen LogP contribution in [0.4, 0.5) is 5.69 Å². The Morgan fingerprint density at radius 3 is 2.18 bits per heavy atom. The van der Waals surface area contributed by atoms with Crippen molar-refractivity contribution >= 4 is 11.7 Å². The minimum Gasteiger partial charge on any atom is -0.478 e. The van der Waals surface area contributed by atoms with Crippen LogP contribution in [0.5, 0.6) is 0 Å². The van der Waals surface area contributed by atoms with E-state index >= 15 is 0 Å². The number of benzene rings is 1. The fraction of sp³-hybridized carbons (Fsp3) is 0.588. The molecule has 3 rings (SSSR count). The van der Waals surface area contributed by atoms with Crippen LogP contribution in [0, 0.1) is 0 Å². The Kier molecular flexibility index (Phi) is 4.36. The Balaban J connectivity index is 1.57. The van der Waals surface area contributed by atoms with Gasteiger partial charge in [-0.15, -0.1) is 0 Å². The zero-order chi connectivity index (χ0) is 15.6. The maximum atomic E-state index is 10.9. The lowest BCUT2D eigenvalue weighted by Crippen LogP contribution is -2.50. The summed E-state index contributed by atoms with van der Waals surface area (Å²) in [5.74, 6) is -0.898. The summed E-state index contributed by atoms with van der Waals surface area (Å²) in [4.78, 5) is 15.5. The van der Waals surface area contributed by atoms with Gasteiger partial charge in [0.05, 0.1) is 11.2 Å². The molecule has 0 amide bonds. The highest BCUT2D eigenvalue weighted by Gasteiger charge is 2.34. The summed E-state index contributed by atoms with van der Waals surface area (Å²) >= 11 is 0. The molecule has 2 aliphatic rings. The van der Waals surface area contributed by atoms with Crippen LogP contribution in [-0.2, 0) is 0 Å². The highest BCUT2D eigenvalue weighted by atomic mass is 16.4. The smallest absolute Gasteiger partial charge is 0.335 e. The second kappa shape index (κ2) is 6.26. The standard InChI is InChI=1S/C17H24N2O3/c20-16(21)14-3-5-15(6-4-14)19-11-7-17(22,8-12-19)13-18-9-1-2-10-18/h3-6,22H,1-2,7-13H2,(H,20,21). The fourth-order valence-electron chi connectivity index (χ4n) is 3.51. The first-order valence-corrected chi connectivity index (χ1v) is 8.09. The molecule has 120 valence electrons. The van der Waals surface area contributed by atoms with E-state index in [0.717, 1.165) is 51.3 Å². The Bertz CT molecular complexity index is 515. The van der Waals surface area contributed by atoms with E-state index in [0.29, 0.717) is 5.56 Å². The Morgan fingerprint density at radius 1 is 1.05 bits per heavy atom. The quantitative estimate of drug-likeness (QED) is 0.888. The molecule has 2 saturated heterocycles. The van der Waals surface area contributed by atoms with Gasteiger partial charge in [-0.2, -0.15) is 0 Å². The lowest BCUT2D eigenvalue weighted by atomic mass is 9.90. The third kappa shape index (κ3) is 3.42. The van der Waals surface area contributed by atoms with Gasteiger partial charge in [-0.1, -0.05) is 0 Å². The van der Waals surface area contributed by atoms with Crippen molar-refractivity contribution in [2.75, 3.05) is 37.6 Å². The molecule has 0 aromatic heterocycles. The van der Waals surface area contributed by atoms with E-state index in [4.69, 9.17) is 5.11 Å². The number of carboxylic acids is 1. The first-order valence-electron chi connectivity index (χ1n) is 8.09. The van der Waals surface area contributed by atoms with Gasteiger partial charge in [0.15, 0.2) is 0 Å². The van der Waals surface area contributed by atoms with E-state index in [9.17, 15) is 9.90 Å². The Hall–Kier alpha value is -1.59. The Morgan fingerprint density at radius 2 is 1.64 bits per heavy atom. The van der Waals surface area contributed by atoms with Crippen molar-refractivity contribution < 1.29 is 15.0 Å². The monoisotopic (exact) mass is 304 g/mol. The van der Waals surface area contributed by atoms with Gasteiger partial charge in [0.1, 0.15) is 0 Å². The topological polar surface area (TPSA) is 64.0 Å². The molecule has 2 N–H and O–H groups in total. The van der Waals surface area contributed by atoms with Gasteiger partial charge < -0.3 is 20.0 Å². The molecule has 0 radical (unpaired) electrons. The number of nitrogens with zero attached hydrogens (tertiary/aromatic N) is 2. The minimum absolute atomic E-state index is 0.311. The summed E-state index contributed by atoms with van der Waals surface area (Å²) in [6.45, 7) is 4.65. The van der Waals surface area contributed by atoms with E-state index in [1.165, 1.54) is 12.8 Å². The molecule has 0 bridgehead atoms. The van der Waals surface area contributed by atoms with Gasteiger partial charge in [-0.3, -0.25) is 0 Å². The molecular weight excluding hydrogens is 280 g/mol. The molecule has 22 heavy (non-hydrogen) atoms. The SMILES string of the molecule is O=C(O)c1ccc(N2CCC(O)(CN3CCCC3)CC2)cc1. The molecule has 5 heteroatoms. The van der Waals surface area contributed by atoms with E-state index in [-0.39, 0.29) is 0 Å². The van der Waals surface area contributed by atoms with Gasteiger partial charge in [0.2, 0.25) is 0 Å². The van der Waals surface area contributed by atoms with Crippen molar-refractivity contribution in [2.45, 2.75) is 31.3 Å². The minimum atomic E-state index is -0.898. The molecule has 1 aromatic rings. The lowest BCUT2D eigenvalue weighted by molar-refractivity contribution is -0.0110. The maximum Gasteiger partial charge on any atom is 0.335 e. The zero-order valence-corrected chi connectivity index (χ0v) is 12.9. The number of piperidine rings is 1. The summed E-state index contributed by atoms with van der Waals surface area (Å²) < 4.78 is 0. The summed E-state index contributed by atoms with van der Waals surface area (Å²) in [5, 5.41) is 19.7. The molecule has 0 spiro atoms. The third-order valence-electron chi connectivity index (χ3n) is 4.89. The molecule has 5 nitrogen and oxygen atoms in total. The fourth-order valence-corrected chi connectivity index (χ4v) is 3.51. The highest BCUT2D eigenvalue weighted by Crippen LogP contribution is 2.28. The number of hydrogen-bond donors (Lipinski definition) is 2. The second-order valence-electron chi connectivity index (χ2n) is 6.55. The predicted molar refractivity (Wildman–Crippen MR) is 85.5 cm³/mol. The van der Waals surface area contributed by atoms with E-state index in [1.807, 2.05) is 12.1 Å². The van der Waals surface area contributed by atoms with Crippen molar-refractivity contribution in [3.05, 3.63) is 29.8 Å². The molecular formula is C17H24N2O3. The van der Waals surface area contributed by atoms with Crippen molar-refractivity contribution in [3.8, 4) is 0 Å². The van der Waals surface area contributed by atoms with Crippen molar-refractivity contribution in [2.24, 2.45) is 0 Å². The Labute approximate surface area is 131 Å². The first kappa shape index (κ1) is 15.3. The number of carboxylic acid groups (broad SMARTS) is 1. The number of aliphatic hydroxyl groups is 1. The number of rotatable bonds is 4. The number of β-amino-alcohol motifs (C(OH)–C–C–N with tert-alkyl or cyclic N) is 1. The van der Waals surface area contributed by atoms with Crippen LogP contribution >= 0.6 is 0 Å². The van der Waals surface area contributed by atoms with Gasteiger partial charge in [0, 0.05) is 25.3 Å². The van der Waals surface area contributed by atoms with Gasteiger partial charge in [-0.05, 0) is 63.0 Å². The summed E-state index contributed by atoms with van der Waals surface area (Å²) in [5.41, 5.74) is 0.779. The predicted octanol–water partition coefficient (Wildman–Crippen LogP) is 1.81. The van der Waals surface area contributed by atoms with Crippen LogP contribution in [0.1, 0.15) is 36.0 Å². The largest absolute Gasteiger partial charge is 0.478 e. The van der Waals surface area contributed by atoms with E-state index < -0.39 is 11.6 Å². The van der Waals surface area contributed by atoms with Crippen molar-refractivity contribution in [3.63, 3.8) is 0 Å². The normalized spacial score (nSPS) is 22.0. The third-order valence-corrected chi connectivity index (χ3v) is 4.89. The molecule has 2 aliphatic heterocycles. The molecule has 1 aromatic carbocycles. The zero-order valence-electron chi connectivity index (χ0n) is 12.9. The maximum absolute atomic E-state index is 10.9. The second-order valence-corrected chi connectivity index (χ2v) is 6.55. The summed E-state index contributed by atoms with van der Waals surface area (Å²) in [7, 11) is 0. The van der Waals surface area contributed by atoms with Gasteiger partial charge in [0.25, 0.3) is 0 Å². The van der Waals surface area contributed by atoms with Crippen LogP contribution in [0.25, 0.3) is 0 Å². The van der Waals surface area contributed by atoms with Gasteiger partial charge >= 0.3 is 5.97 Å². The van der Waals surface area contributed by atoms with Crippen LogP contribution in [0.3, 0.4) is 0 Å². The number of likely N-dealkylation sites (tertiary alicyclic amines) is 1. The molecule has 0 unspecified atom stereocenters. The molecule has 0 aliphatic carbocycles. The van der Waals surface area contributed by atoms with Crippen LogP contribution in [0.15, 0.2) is 24.3 Å². The molecule has 0 atom stereocenters. The van der Waals surface area contributed by atoms with Crippen molar-refractivity contribution in [1.29, 1.82) is 0 Å². The van der Waals surface area contributed by atoms with Crippen LogP contribution in [0.2, 0.25) is 0 Å². The summed E-state index contributed by atoms with van der Waals surface area (Å²) in [6.07, 6.45) is 4.03. The number of hydrogen-bond acceptors (Lipinski definition) is 4. The average Bonchev–Trinajstić information content (AvgIpc) is 3.00. The molecule has 2 fully saturated rings. The molecule has 2 heterocycles. The van der Waals surface area contributed by atoms with Crippen molar-refractivity contribution in [1.82, 2.24) is 4.90 Å². The average molecular weight is 304 g/mol. The number of aromatic carboxylic acids is 1. The summed E-state index contributed by atoms with van der Waals surface area (Å²) in [6, 6.07) is 6.99. The molecule has 0 saturated carbocycles. The first-order chi connectivity index (χ1) is 10.6. The number of carbonyl (C=O) groups is 1. The lowest BCUT2D eigenvalue weighted by Gasteiger charge is -2.41.